The third kappa shape index (κ3) is 2.47. The number of aromatic nitrogens is 1. The first-order valence-electron chi connectivity index (χ1n) is 5.81. The number of benzene rings is 1. The number of ether oxygens (including phenoxy) is 1. The van der Waals surface area contributed by atoms with Crippen molar-refractivity contribution in [1.82, 2.24) is 4.98 Å². The molecule has 0 unspecified atom stereocenters. The van der Waals surface area contributed by atoms with Gasteiger partial charge in [0, 0.05) is 11.6 Å². The van der Waals surface area contributed by atoms with Crippen molar-refractivity contribution in [2.45, 2.75) is 13.8 Å². The summed E-state index contributed by atoms with van der Waals surface area (Å²) in [6.45, 7) is 3.93. The number of pyridine rings is 1. The molecule has 0 aliphatic heterocycles. The second kappa shape index (κ2) is 5.42. The van der Waals surface area contributed by atoms with E-state index in [9.17, 15) is 4.79 Å². The van der Waals surface area contributed by atoms with E-state index in [1.165, 1.54) is 6.20 Å². The van der Waals surface area contributed by atoms with Crippen LogP contribution < -0.4 is 11.3 Å². The van der Waals surface area contributed by atoms with Crippen molar-refractivity contribution < 1.29 is 9.53 Å². The van der Waals surface area contributed by atoms with Crippen molar-refractivity contribution in [3.05, 3.63) is 34.5 Å². The molecule has 3 N–H and O–H groups in total. The molecule has 0 atom stereocenters. The number of halogens is 1. The summed E-state index contributed by atoms with van der Waals surface area (Å²) in [5, 5.41) is 1.21. The molecule has 1 heterocycles. The summed E-state index contributed by atoms with van der Waals surface area (Å²) in [6.07, 6.45) is 1.41. The van der Waals surface area contributed by atoms with Gasteiger partial charge in [-0.1, -0.05) is 11.6 Å². The van der Waals surface area contributed by atoms with Crippen LogP contribution in [0.5, 0.6) is 0 Å². The minimum atomic E-state index is -0.470. The summed E-state index contributed by atoms with van der Waals surface area (Å²) in [4.78, 5) is 16.1. The van der Waals surface area contributed by atoms with Crippen LogP contribution in [0.1, 0.15) is 22.8 Å². The van der Waals surface area contributed by atoms with Gasteiger partial charge in [0.1, 0.15) is 5.56 Å². The fourth-order valence-corrected chi connectivity index (χ4v) is 2.24. The monoisotopic (exact) mass is 279 g/mol. The maximum Gasteiger partial charge on any atom is 0.341 e. The highest BCUT2D eigenvalue weighted by atomic mass is 35.5. The summed E-state index contributed by atoms with van der Waals surface area (Å²) < 4.78 is 4.97. The molecule has 19 heavy (non-hydrogen) atoms. The molecule has 0 saturated heterocycles. The van der Waals surface area contributed by atoms with E-state index in [-0.39, 0.29) is 6.61 Å². The molecule has 1 aromatic carbocycles. The van der Waals surface area contributed by atoms with Crippen molar-refractivity contribution in [3.63, 3.8) is 0 Å². The number of nitrogens with one attached hydrogen (secondary N) is 1. The second-order valence-corrected chi connectivity index (χ2v) is 4.46. The zero-order valence-electron chi connectivity index (χ0n) is 10.7. The third-order valence-corrected chi connectivity index (χ3v) is 3.00. The Morgan fingerprint density at radius 2 is 2.26 bits per heavy atom. The van der Waals surface area contributed by atoms with E-state index < -0.39 is 5.97 Å². The van der Waals surface area contributed by atoms with Crippen LogP contribution in [0.15, 0.2) is 18.3 Å². The van der Waals surface area contributed by atoms with Crippen LogP contribution >= 0.6 is 11.6 Å². The highest BCUT2D eigenvalue weighted by Gasteiger charge is 2.17. The Kier molecular flexibility index (Phi) is 3.87. The highest BCUT2D eigenvalue weighted by Crippen LogP contribution is 2.31. The van der Waals surface area contributed by atoms with E-state index in [0.29, 0.717) is 27.2 Å². The van der Waals surface area contributed by atoms with Gasteiger partial charge in [0.05, 0.1) is 22.8 Å². The number of rotatable bonds is 3. The molecule has 0 spiro atoms. The Balaban J connectivity index is 2.72. The van der Waals surface area contributed by atoms with Gasteiger partial charge in [-0.05, 0) is 31.5 Å². The molecule has 1 aromatic heterocycles. The van der Waals surface area contributed by atoms with Crippen molar-refractivity contribution in [3.8, 4) is 0 Å². The summed E-state index contributed by atoms with van der Waals surface area (Å²) in [7, 11) is 0. The summed E-state index contributed by atoms with van der Waals surface area (Å²) in [6, 6.07) is 3.67. The number of hydrogen-bond acceptors (Lipinski definition) is 5. The largest absolute Gasteiger partial charge is 0.462 e. The number of hydrogen-bond donors (Lipinski definition) is 2. The molecule has 0 radical (unpaired) electrons. The Morgan fingerprint density at radius 1 is 1.53 bits per heavy atom. The van der Waals surface area contributed by atoms with Crippen LogP contribution in [-0.2, 0) is 4.74 Å². The number of anilines is 1. The van der Waals surface area contributed by atoms with Gasteiger partial charge >= 0.3 is 5.97 Å². The van der Waals surface area contributed by atoms with Crippen LogP contribution in [0.3, 0.4) is 0 Å². The molecule has 0 aliphatic carbocycles. The van der Waals surface area contributed by atoms with Gasteiger partial charge in [0.2, 0.25) is 0 Å². The van der Waals surface area contributed by atoms with Crippen LogP contribution in [0.2, 0.25) is 5.02 Å². The van der Waals surface area contributed by atoms with Crippen molar-refractivity contribution in [1.29, 1.82) is 0 Å². The maximum absolute atomic E-state index is 11.8. The standard InChI is InChI=1S/C13H14ClN3O2/c1-3-19-13(18)9-6-16-12-8(11(9)17-15)4-7(2)5-10(12)14/h4-6H,3,15H2,1-2H3,(H,16,17). The average molecular weight is 280 g/mol. The Morgan fingerprint density at radius 3 is 2.89 bits per heavy atom. The molecule has 0 bridgehead atoms. The molecule has 5 nitrogen and oxygen atoms in total. The first-order valence-corrected chi connectivity index (χ1v) is 6.18. The molecule has 0 fully saturated rings. The van der Waals surface area contributed by atoms with Crippen LogP contribution in [-0.4, -0.2) is 17.6 Å². The van der Waals surface area contributed by atoms with E-state index in [4.69, 9.17) is 22.2 Å². The topological polar surface area (TPSA) is 77.2 Å². The van der Waals surface area contributed by atoms with E-state index >= 15 is 0 Å². The molecular formula is C13H14ClN3O2. The van der Waals surface area contributed by atoms with Crippen molar-refractivity contribution in [2.75, 3.05) is 12.0 Å². The quantitative estimate of drug-likeness (QED) is 0.513. The SMILES string of the molecule is CCOC(=O)c1cnc2c(Cl)cc(C)cc2c1NN. The van der Waals surface area contributed by atoms with E-state index in [1.807, 2.05) is 13.0 Å². The molecule has 0 saturated carbocycles. The minimum Gasteiger partial charge on any atom is -0.462 e. The third-order valence-electron chi connectivity index (χ3n) is 2.71. The average Bonchev–Trinajstić information content (AvgIpc) is 2.37. The van der Waals surface area contributed by atoms with Crippen LogP contribution in [0.25, 0.3) is 10.9 Å². The second-order valence-electron chi connectivity index (χ2n) is 4.05. The van der Waals surface area contributed by atoms with Gasteiger partial charge < -0.3 is 10.2 Å². The predicted octanol–water partition coefficient (Wildman–Crippen LogP) is 2.66. The number of aryl methyl sites for hydroxylation is 1. The van der Waals surface area contributed by atoms with Gasteiger partial charge in [-0.3, -0.25) is 10.8 Å². The van der Waals surface area contributed by atoms with Gasteiger partial charge in [0.25, 0.3) is 0 Å². The molecule has 2 aromatic rings. The lowest BCUT2D eigenvalue weighted by atomic mass is 10.1. The number of hydrazine groups is 1. The Hall–Kier alpha value is -1.85. The number of carbonyl (C=O) groups excluding carboxylic acids is 1. The zero-order chi connectivity index (χ0) is 14.0. The van der Waals surface area contributed by atoms with Gasteiger partial charge in [-0.2, -0.15) is 0 Å². The molecule has 0 aliphatic rings. The molecule has 6 heteroatoms. The van der Waals surface area contributed by atoms with Gasteiger partial charge in [0.15, 0.2) is 0 Å². The number of carbonyl (C=O) groups is 1. The smallest absolute Gasteiger partial charge is 0.341 e. The molecule has 100 valence electrons. The number of nitrogen functional groups attached to an aromatic ring is 1. The fraction of sp³-hybridized carbons (Fsp3) is 0.231. The number of nitrogens with zero attached hydrogens (tertiary/aromatic N) is 1. The summed E-state index contributed by atoms with van der Waals surface area (Å²) in [5.74, 6) is 5.05. The molecule has 0 amide bonds. The first-order chi connectivity index (χ1) is 9.08. The summed E-state index contributed by atoms with van der Waals surface area (Å²) >= 11 is 6.14. The van der Waals surface area contributed by atoms with E-state index in [2.05, 4.69) is 10.4 Å². The van der Waals surface area contributed by atoms with E-state index in [0.717, 1.165) is 5.56 Å². The lowest BCUT2D eigenvalue weighted by molar-refractivity contribution is 0.0527. The minimum absolute atomic E-state index is 0.287. The number of nitrogens with two attached hydrogens (primary N) is 1. The van der Waals surface area contributed by atoms with Crippen molar-refractivity contribution in [2.24, 2.45) is 5.84 Å². The number of fused-ring (bicyclic) bond motifs is 1. The Labute approximate surface area is 115 Å². The van der Waals surface area contributed by atoms with Crippen LogP contribution in [0.4, 0.5) is 5.69 Å². The van der Waals surface area contributed by atoms with Crippen LogP contribution in [0, 0.1) is 6.92 Å². The fourth-order valence-electron chi connectivity index (χ4n) is 1.91. The normalized spacial score (nSPS) is 10.5. The molecule has 2 rings (SSSR count). The number of esters is 1. The zero-order valence-corrected chi connectivity index (χ0v) is 11.4. The van der Waals surface area contributed by atoms with Gasteiger partial charge in [-0.15, -0.1) is 0 Å². The lowest BCUT2D eigenvalue weighted by Gasteiger charge is -2.12. The predicted molar refractivity (Wildman–Crippen MR) is 75.3 cm³/mol. The highest BCUT2D eigenvalue weighted by molar-refractivity contribution is 6.35. The van der Waals surface area contributed by atoms with Gasteiger partial charge in [-0.25, -0.2) is 4.79 Å². The first kappa shape index (κ1) is 13.6. The maximum atomic E-state index is 11.8. The van der Waals surface area contributed by atoms with Crippen molar-refractivity contribution >= 4 is 34.2 Å². The molecular weight excluding hydrogens is 266 g/mol. The Bertz CT molecular complexity index is 643. The lowest BCUT2D eigenvalue weighted by Crippen LogP contribution is -2.15. The van der Waals surface area contributed by atoms with E-state index in [1.54, 1.807) is 13.0 Å². The summed E-state index contributed by atoms with van der Waals surface area (Å²) in [5.41, 5.74) is 4.84.